The predicted molar refractivity (Wildman–Crippen MR) is 83.3 cm³/mol. The molecule has 0 saturated heterocycles. The molecule has 1 aromatic heterocycles. The van der Waals surface area contributed by atoms with Gasteiger partial charge < -0.3 is 0 Å². The highest BCUT2D eigenvalue weighted by Crippen LogP contribution is 2.14. The van der Waals surface area contributed by atoms with Crippen LogP contribution in [0.2, 0.25) is 0 Å². The van der Waals surface area contributed by atoms with Crippen molar-refractivity contribution in [2.24, 2.45) is 0 Å². The molecular weight excluding hydrogens is 362 g/mol. The Labute approximate surface area is 133 Å². The van der Waals surface area contributed by atoms with Crippen LogP contribution >= 0.6 is 22.9 Å². The Kier molecular flexibility index (Phi) is 9.58. The lowest BCUT2D eigenvalue weighted by Gasteiger charge is -1.95. The van der Waals surface area contributed by atoms with Crippen LogP contribution in [0.25, 0.3) is 0 Å². The third kappa shape index (κ3) is 13.1. The Morgan fingerprint density at radius 3 is 2.00 bits per heavy atom. The van der Waals surface area contributed by atoms with Crippen LogP contribution in [-0.2, 0) is 26.7 Å². The van der Waals surface area contributed by atoms with E-state index in [0.717, 1.165) is 18.7 Å². The van der Waals surface area contributed by atoms with Crippen molar-refractivity contribution in [1.29, 1.82) is 0 Å². The first kappa shape index (κ1) is 20.7. The Morgan fingerprint density at radius 2 is 1.67 bits per heavy atom. The van der Waals surface area contributed by atoms with E-state index in [1.807, 2.05) is 5.51 Å². The van der Waals surface area contributed by atoms with Gasteiger partial charge >= 0.3 is 0 Å². The molecular formula is C10H18ClNO6S3. The first-order chi connectivity index (χ1) is 9.55. The van der Waals surface area contributed by atoms with Crippen LogP contribution in [0.5, 0.6) is 0 Å². The van der Waals surface area contributed by atoms with Gasteiger partial charge in [0, 0.05) is 10.8 Å². The molecule has 124 valence electrons. The van der Waals surface area contributed by atoms with Crippen LogP contribution in [0.15, 0.2) is 5.51 Å². The molecule has 0 aromatic carbocycles. The van der Waals surface area contributed by atoms with Gasteiger partial charge in [-0.1, -0.05) is 0 Å². The van der Waals surface area contributed by atoms with E-state index in [1.165, 1.54) is 17.0 Å². The molecule has 7 nitrogen and oxygen atoms in total. The number of rotatable bonds is 7. The first-order valence-electron chi connectivity index (χ1n) is 5.90. The molecule has 0 fully saturated rings. The summed E-state index contributed by atoms with van der Waals surface area (Å²) in [5, 5.41) is 0. The zero-order valence-electron chi connectivity index (χ0n) is 11.4. The van der Waals surface area contributed by atoms with E-state index in [9.17, 15) is 16.8 Å². The number of aryl methyl sites for hydroxylation is 2. The molecule has 0 aliphatic heterocycles. The summed E-state index contributed by atoms with van der Waals surface area (Å²) in [5.74, 6) is -1.19. The third-order valence-corrected chi connectivity index (χ3v) is 5.19. The fourth-order valence-electron chi connectivity index (χ4n) is 1.16. The highest BCUT2D eigenvalue weighted by molar-refractivity contribution is 7.89. The number of thiazole rings is 1. The normalized spacial score (nSPS) is 11.8. The fourth-order valence-corrected chi connectivity index (χ4v) is 3.85. The molecule has 0 aliphatic rings. The van der Waals surface area contributed by atoms with Crippen LogP contribution in [0, 0.1) is 6.92 Å². The van der Waals surface area contributed by atoms with Crippen molar-refractivity contribution in [3.63, 3.8) is 0 Å². The van der Waals surface area contributed by atoms with Gasteiger partial charge in [-0.25, -0.2) is 4.98 Å². The monoisotopic (exact) mass is 379 g/mol. The molecule has 21 heavy (non-hydrogen) atoms. The first-order valence-corrected chi connectivity index (χ1v) is 10.5. The molecule has 0 amide bonds. The van der Waals surface area contributed by atoms with Crippen LogP contribution in [0.4, 0.5) is 0 Å². The Bertz CT molecular complexity index is 578. The van der Waals surface area contributed by atoms with Crippen molar-refractivity contribution in [1.82, 2.24) is 4.98 Å². The summed E-state index contributed by atoms with van der Waals surface area (Å²) >= 11 is 7.32. The molecule has 0 aliphatic carbocycles. The minimum absolute atomic E-state index is 0.776. The van der Waals surface area contributed by atoms with E-state index >= 15 is 0 Å². The number of unbranched alkanes of at least 4 members (excludes halogenated alkanes) is 1. The maximum Gasteiger partial charge on any atom is 0.265 e. The van der Waals surface area contributed by atoms with Crippen molar-refractivity contribution < 1.29 is 25.9 Å². The summed E-state index contributed by atoms with van der Waals surface area (Å²) in [5.41, 5.74) is 3.09. The number of hydrogen-bond donors (Lipinski definition) is 2. The number of alkyl halides is 1. The molecule has 1 rings (SSSR count). The van der Waals surface area contributed by atoms with Gasteiger partial charge in [-0.15, -0.1) is 22.9 Å². The van der Waals surface area contributed by atoms with Gasteiger partial charge in [0.25, 0.3) is 20.2 Å². The summed E-state index contributed by atoms with van der Waals surface area (Å²) in [6.45, 7) is 2.06. The highest BCUT2D eigenvalue weighted by atomic mass is 35.5. The maximum absolute atomic E-state index is 9.86. The topological polar surface area (TPSA) is 122 Å². The van der Waals surface area contributed by atoms with Crippen molar-refractivity contribution >= 4 is 43.2 Å². The van der Waals surface area contributed by atoms with E-state index in [0.29, 0.717) is 0 Å². The van der Waals surface area contributed by atoms with E-state index in [-0.39, 0.29) is 0 Å². The average Bonchev–Trinajstić information content (AvgIpc) is 2.72. The molecule has 0 bridgehead atoms. The molecule has 1 heterocycles. The minimum Gasteiger partial charge on any atom is -0.286 e. The van der Waals surface area contributed by atoms with Crippen molar-refractivity contribution in [3.8, 4) is 0 Å². The second-order valence-electron chi connectivity index (χ2n) is 4.08. The number of hydrogen-bond acceptors (Lipinski definition) is 6. The standard InChI is InChI=1S/C8H12ClNS.C2H6O6S2/c1-7-8(11-6-10-7)4-2-3-5-9;3-9(4,5)1-2-10(6,7)8/h6H,2-5H2,1H3;1-2H2,(H,3,4,5)(H,6,7,8). The average molecular weight is 380 g/mol. The van der Waals surface area contributed by atoms with Gasteiger partial charge in [-0.3, -0.25) is 9.11 Å². The van der Waals surface area contributed by atoms with Gasteiger partial charge in [-0.05, 0) is 26.2 Å². The quantitative estimate of drug-likeness (QED) is 0.420. The molecule has 2 N–H and O–H groups in total. The maximum atomic E-state index is 9.86. The Morgan fingerprint density at radius 1 is 1.14 bits per heavy atom. The zero-order chi connectivity index (χ0) is 16.5. The van der Waals surface area contributed by atoms with Gasteiger partial charge in [-0.2, -0.15) is 16.8 Å². The van der Waals surface area contributed by atoms with E-state index in [2.05, 4.69) is 11.9 Å². The van der Waals surface area contributed by atoms with Crippen LogP contribution < -0.4 is 0 Å². The molecule has 0 unspecified atom stereocenters. The molecule has 0 spiro atoms. The smallest absolute Gasteiger partial charge is 0.265 e. The van der Waals surface area contributed by atoms with Crippen LogP contribution in [-0.4, -0.2) is 48.3 Å². The SMILES string of the molecule is Cc1ncsc1CCCCCl.O=S(=O)(O)CCS(=O)(=O)O. The van der Waals surface area contributed by atoms with Crippen molar-refractivity contribution in [2.45, 2.75) is 26.2 Å². The van der Waals surface area contributed by atoms with E-state index in [1.54, 1.807) is 11.3 Å². The molecule has 11 heteroatoms. The third-order valence-electron chi connectivity index (χ3n) is 2.23. The number of halogens is 1. The summed E-state index contributed by atoms with van der Waals surface area (Å²) in [6, 6.07) is 0. The zero-order valence-corrected chi connectivity index (χ0v) is 14.6. The van der Waals surface area contributed by atoms with E-state index < -0.39 is 31.7 Å². The molecule has 0 saturated carbocycles. The minimum atomic E-state index is -4.30. The Balaban J connectivity index is 0.000000384. The molecule has 0 atom stereocenters. The summed E-state index contributed by atoms with van der Waals surface area (Å²) in [6.07, 6.45) is 3.44. The van der Waals surface area contributed by atoms with Crippen LogP contribution in [0.1, 0.15) is 23.4 Å². The lowest BCUT2D eigenvalue weighted by atomic mass is 10.2. The Hall–Kier alpha value is -0.260. The van der Waals surface area contributed by atoms with Gasteiger partial charge in [0.15, 0.2) is 0 Å². The summed E-state index contributed by atoms with van der Waals surface area (Å²) in [7, 11) is -8.59. The van der Waals surface area contributed by atoms with E-state index in [4.69, 9.17) is 20.7 Å². The van der Waals surface area contributed by atoms with Gasteiger partial charge in [0.2, 0.25) is 0 Å². The van der Waals surface area contributed by atoms with Crippen molar-refractivity contribution in [3.05, 3.63) is 16.1 Å². The second-order valence-corrected chi connectivity index (χ2v) is 8.54. The lowest BCUT2D eigenvalue weighted by molar-refractivity contribution is 0.472. The largest absolute Gasteiger partial charge is 0.286 e. The molecule has 0 radical (unpaired) electrons. The summed E-state index contributed by atoms with van der Waals surface area (Å²) in [4.78, 5) is 5.59. The number of nitrogens with zero attached hydrogens (tertiary/aromatic N) is 1. The summed E-state index contributed by atoms with van der Waals surface area (Å²) < 4.78 is 55.4. The van der Waals surface area contributed by atoms with Gasteiger partial charge in [0.05, 0.1) is 22.7 Å². The number of aromatic nitrogens is 1. The predicted octanol–water partition coefficient (Wildman–Crippen LogP) is 1.78. The fraction of sp³-hybridized carbons (Fsp3) is 0.700. The second kappa shape index (κ2) is 9.70. The lowest BCUT2D eigenvalue weighted by Crippen LogP contribution is -2.15. The van der Waals surface area contributed by atoms with Gasteiger partial charge in [0.1, 0.15) is 0 Å². The molecule has 1 aromatic rings. The van der Waals surface area contributed by atoms with Crippen LogP contribution in [0.3, 0.4) is 0 Å². The highest BCUT2D eigenvalue weighted by Gasteiger charge is 2.11. The van der Waals surface area contributed by atoms with Crippen molar-refractivity contribution in [2.75, 3.05) is 17.4 Å².